The molecule has 1 N–H and O–H groups in total. The van der Waals surface area contributed by atoms with E-state index in [0.717, 1.165) is 30.7 Å². The van der Waals surface area contributed by atoms with Crippen molar-refractivity contribution in [3.8, 4) is 11.5 Å². The molecule has 3 nitrogen and oxygen atoms in total. The average molecular weight is 278 g/mol. The van der Waals surface area contributed by atoms with E-state index in [4.69, 9.17) is 4.74 Å². The Morgan fingerprint density at radius 1 is 1.20 bits per heavy atom. The van der Waals surface area contributed by atoms with Crippen LogP contribution < -0.4 is 10.1 Å². The number of ether oxygens (including phenoxy) is 1. The number of rotatable bonds is 6. The molecule has 0 spiro atoms. The van der Waals surface area contributed by atoms with Crippen LogP contribution in [-0.2, 0) is 6.54 Å². The SMILES string of the molecule is CCCNCc1ccncc1Oc1ccc(F)cc1F. The van der Waals surface area contributed by atoms with Crippen molar-refractivity contribution < 1.29 is 13.5 Å². The maximum Gasteiger partial charge on any atom is 0.168 e. The summed E-state index contributed by atoms with van der Waals surface area (Å²) in [6, 6.07) is 5.02. The maximum absolute atomic E-state index is 13.6. The van der Waals surface area contributed by atoms with Crippen molar-refractivity contribution in [2.45, 2.75) is 19.9 Å². The fraction of sp³-hybridized carbons (Fsp3) is 0.267. The lowest BCUT2D eigenvalue weighted by atomic mass is 10.2. The Morgan fingerprint density at radius 2 is 2.05 bits per heavy atom. The molecule has 0 aliphatic carbocycles. The highest BCUT2D eigenvalue weighted by Gasteiger charge is 2.09. The highest BCUT2D eigenvalue weighted by Crippen LogP contribution is 2.27. The predicted molar refractivity (Wildman–Crippen MR) is 72.7 cm³/mol. The molecule has 0 radical (unpaired) electrons. The molecule has 1 aromatic carbocycles. The van der Waals surface area contributed by atoms with Crippen LogP contribution in [0.1, 0.15) is 18.9 Å². The monoisotopic (exact) mass is 278 g/mol. The van der Waals surface area contributed by atoms with Crippen LogP contribution in [0.25, 0.3) is 0 Å². The molecule has 1 heterocycles. The molecular formula is C15H16F2N2O. The summed E-state index contributed by atoms with van der Waals surface area (Å²) in [5.41, 5.74) is 0.872. The van der Waals surface area contributed by atoms with E-state index in [0.29, 0.717) is 12.3 Å². The van der Waals surface area contributed by atoms with E-state index in [9.17, 15) is 8.78 Å². The van der Waals surface area contributed by atoms with Crippen molar-refractivity contribution in [2.24, 2.45) is 0 Å². The van der Waals surface area contributed by atoms with E-state index in [1.807, 2.05) is 0 Å². The lowest BCUT2D eigenvalue weighted by Gasteiger charge is -2.11. The molecule has 0 saturated heterocycles. The summed E-state index contributed by atoms with van der Waals surface area (Å²) in [6.45, 7) is 3.56. The molecule has 0 aliphatic heterocycles. The Bertz CT molecular complexity index is 576. The number of nitrogens with one attached hydrogen (secondary N) is 1. The summed E-state index contributed by atoms with van der Waals surface area (Å²) in [6.07, 6.45) is 4.19. The van der Waals surface area contributed by atoms with Gasteiger partial charge >= 0.3 is 0 Å². The highest BCUT2D eigenvalue weighted by molar-refractivity contribution is 5.36. The first-order chi connectivity index (χ1) is 9.70. The minimum absolute atomic E-state index is 0.0175. The van der Waals surface area contributed by atoms with Crippen molar-refractivity contribution in [2.75, 3.05) is 6.54 Å². The van der Waals surface area contributed by atoms with Crippen molar-refractivity contribution in [1.82, 2.24) is 10.3 Å². The van der Waals surface area contributed by atoms with E-state index in [1.165, 1.54) is 12.3 Å². The molecule has 0 bridgehead atoms. The summed E-state index contributed by atoms with van der Waals surface area (Å²) < 4.78 is 31.9. The first-order valence-corrected chi connectivity index (χ1v) is 6.47. The van der Waals surface area contributed by atoms with Crippen molar-refractivity contribution in [3.05, 3.63) is 53.9 Å². The van der Waals surface area contributed by atoms with E-state index < -0.39 is 11.6 Å². The van der Waals surface area contributed by atoms with Gasteiger partial charge in [-0.15, -0.1) is 0 Å². The zero-order valence-corrected chi connectivity index (χ0v) is 11.2. The summed E-state index contributed by atoms with van der Waals surface area (Å²) >= 11 is 0. The molecule has 0 unspecified atom stereocenters. The lowest BCUT2D eigenvalue weighted by Crippen LogP contribution is -2.14. The zero-order chi connectivity index (χ0) is 14.4. The molecule has 0 saturated carbocycles. The topological polar surface area (TPSA) is 34.2 Å². The summed E-state index contributed by atoms with van der Waals surface area (Å²) in [7, 11) is 0. The number of halogens is 2. The van der Waals surface area contributed by atoms with Crippen LogP contribution in [0, 0.1) is 11.6 Å². The average Bonchev–Trinajstić information content (AvgIpc) is 2.44. The van der Waals surface area contributed by atoms with Crippen LogP contribution in [0.15, 0.2) is 36.7 Å². The number of pyridine rings is 1. The van der Waals surface area contributed by atoms with E-state index in [1.54, 1.807) is 12.3 Å². The van der Waals surface area contributed by atoms with E-state index in [2.05, 4.69) is 17.2 Å². The van der Waals surface area contributed by atoms with Crippen LogP contribution in [-0.4, -0.2) is 11.5 Å². The number of aromatic nitrogens is 1. The van der Waals surface area contributed by atoms with Crippen LogP contribution in [0.2, 0.25) is 0 Å². The minimum atomic E-state index is -0.735. The Labute approximate surface area is 116 Å². The van der Waals surface area contributed by atoms with E-state index >= 15 is 0 Å². The zero-order valence-electron chi connectivity index (χ0n) is 11.2. The van der Waals surface area contributed by atoms with Crippen LogP contribution >= 0.6 is 0 Å². The third-order valence-electron chi connectivity index (χ3n) is 2.73. The fourth-order valence-electron chi connectivity index (χ4n) is 1.72. The molecule has 5 heteroatoms. The van der Waals surface area contributed by atoms with Gasteiger partial charge in [-0.1, -0.05) is 6.92 Å². The van der Waals surface area contributed by atoms with Gasteiger partial charge in [-0.25, -0.2) is 8.78 Å². The molecule has 0 aliphatic rings. The molecule has 1 aromatic heterocycles. The summed E-state index contributed by atoms with van der Waals surface area (Å²) in [4.78, 5) is 3.97. The lowest BCUT2D eigenvalue weighted by molar-refractivity contribution is 0.430. The van der Waals surface area contributed by atoms with Gasteiger partial charge in [-0.05, 0) is 31.2 Å². The normalized spacial score (nSPS) is 10.6. The number of benzene rings is 1. The molecule has 2 rings (SSSR count). The van der Waals surface area contributed by atoms with Gasteiger partial charge in [-0.3, -0.25) is 4.98 Å². The predicted octanol–water partition coefficient (Wildman–Crippen LogP) is 3.65. The number of nitrogens with zero attached hydrogens (tertiary/aromatic N) is 1. The number of hydrogen-bond donors (Lipinski definition) is 1. The molecule has 20 heavy (non-hydrogen) atoms. The Morgan fingerprint density at radius 3 is 2.80 bits per heavy atom. The van der Waals surface area contributed by atoms with Gasteiger partial charge in [0.15, 0.2) is 11.6 Å². The third-order valence-corrected chi connectivity index (χ3v) is 2.73. The largest absolute Gasteiger partial charge is 0.452 e. The highest BCUT2D eigenvalue weighted by atomic mass is 19.1. The second kappa shape index (κ2) is 6.96. The Kier molecular flexibility index (Phi) is 5.01. The van der Waals surface area contributed by atoms with E-state index in [-0.39, 0.29) is 5.75 Å². The molecule has 0 atom stereocenters. The van der Waals surface area contributed by atoms with Gasteiger partial charge in [0, 0.05) is 24.4 Å². The third kappa shape index (κ3) is 3.74. The smallest absolute Gasteiger partial charge is 0.168 e. The standard InChI is InChI=1S/C15H16F2N2O/c1-2-6-18-9-11-5-7-19-10-15(11)20-14-4-3-12(16)8-13(14)17/h3-5,7-8,10,18H,2,6,9H2,1H3. The van der Waals surface area contributed by atoms with Gasteiger partial charge in [0.25, 0.3) is 0 Å². The van der Waals surface area contributed by atoms with Gasteiger partial charge in [0.05, 0.1) is 6.20 Å². The Balaban J connectivity index is 2.16. The first-order valence-electron chi connectivity index (χ1n) is 6.47. The summed E-state index contributed by atoms with van der Waals surface area (Å²) in [5.74, 6) is -0.926. The van der Waals surface area contributed by atoms with Crippen LogP contribution in [0.4, 0.5) is 8.78 Å². The molecule has 0 amide bonds. The van der Waals surface area contributed by atoms with Crippen molar-refractivity contribution in [3.63, 3.8) is 0 Å². The molecule has 0 fully saturated rings. The van der Waals surface area contributed by atoms with Crippen LogP contribution in [0.3, 0.4) is 0 Å². The van der Waals surface area contributed by atoms with Gasteiger partial charge < -0.3 is 10.1 Å². The second-order valence-electron chi connectivity index (χ2n) is 4.34. The fourth-order valence-corrected chi connectivity index (χ4v) is 1.72. The van der Waals surface area contributed by atoms with Crippen molar-refractivity contribution >= 4 is 0 Å². The molecule has 2 aromatic rings. The summed E-state index contributed by atoms with van der Waals surface area (Å²) in [5, 5.41) is 3.24. The van der Waals surface area contributed by atoms with Crippen molar-refractivity contribution in [1.29, 1.82) is 0 Å². The van der Waals surface area contributed by atoms with Gasteiger partial charge in [0.1, 0.15) is 11.6 Å². The van der Waals surface area contributed by atoms with Gasteiger partial charge in [-0.2, -0.15) is 0 Å². The minimum Gasteiger partial charge on any atom is -0.452 e. The first kappa shape index (κ1) is 14.4. The molecular weight excluding hydrogens is 262 g/mol. The number of hydrogen-bond acceptors (Lipinski definition) is 3. The second-order valence-corrected chi connectivity index (χ2v) is 4.34. The maximum atomic E-state index is 13.6. The molecule has 106 valence electrons. The quantitative estimate of drug-likeness (QED) is 0.819. The Hall–Kier alpha value is -2.01. The van der Waals surface area contributed by atoms with Gasteiger partial charge in [0.2, 0.25) is 0 Å². The van der Waals surface area contributed by atoms with Crippen LogP contribution in [0.5, 0.6) is 11.5 Å².